The summed E-state index contributed by atoms with van der Waals surface area (Å²) >= 11 is 0. The second-order valence-electron chi connectivity index (χ2n) is 12.6. The van der Waals surface area contributed by atoms with Crippen molar-refractivity contribution in [2.75, 3.05) is 40.1 Å². The maximum Gasteiger partial charge on any atom is 0.255 e. The lowest BCUT2D eigenvalue weighted by Crippen LogP contribution is -2.58. The molecular formula is C31H36N3O7+. The van der Waals surface area contributed by atoms with Crippen LogP contribution in [0.4, 0.5) is 5.69 Å². The lowest BCUT2D eigenvalue weighted by atomic mass is 9.59. The van der Waals surface area contributed by atoms with Crippen LogP contribution in [0, 0.1) is 11.8 Å². The second-order valence-corrected chi connectivity index (χ2v) is 12.6. The van der Waals surface area contributed by atoms with E-state index in [4.69, 9.17) is 5.73 Å². The topological polar surface area (TPSA) is 161 Å². The number of carbonyl (C=O) groups is 3. The van der Waals surface area contributed by atoms with Gasteiger partial charge in [-0.1, -0.05) is 18.2 Å². The molecule has 10 heteroatoms. The molecule has 3 atom stereocenters. The lowest BCUT2D eigenvalue weighted by molar-refractivity contribution is -0.884. The Morgan fingerprint density at radius 3 is 2.39 bits per heavy atom. The fraction of sp³-hybridized carbons (Fsp3) is 0.387. The van der Waals surface area contributed by atoms with E-state index in [1.165, 1.54) is 0 Å². The standard InChI is InChI=1S/C31H35N3O7/c1-33(2)21-13-19(16-8-6-7-15(9-16)14-34(3,4)5)26(36)24-20(21)11-17-10-18-12-22(35)25(30(32)40)29(39)31(18,41)28(38)23(17)27(24)37/h6-9,13,17-18,41H,10-12,14H2,1-5H3,(H4-,32,35,36,37,38,39,40)/p+1/t17-,18+,31+/m1/s1. The van der Waals surface area contributed by atoms with Gasteiger partial charge in [0.2, 0.25) is 5.78 Å². The van der Waals surface area contributed by atoms with Gasteiger partial charge in [0.15, 0.2) is 11.4 Å². The summed E-state index contributed by atoms with van der Waals surface area (Å²) in [7, 11) is 9.93. The van der Waals surface area contributed by atoms with Crippen molar-refractivity contribution in [3.63, 3.8) is 0 Å². The summed E-state index contributed by atoms with van der Waals surface area (Å²) in [6, 6.07) is 9.61. The maximum atomic E-state index is 13.9. The van der Waals surface area contributed by atoms with Crippen molar-refractivity contribution < 1.29 is 39.3 Å². The number of anilines is 1. The zero-order valence-corrected chi connectivity index (χ0v) is 23.9. The van der Waals surface area contributed by atoms with Crippen LogP contribution in [0.1, 0.15) is 29.5 Å². The number of phenolic OH excluding ortho intramolecular Hbond substituents is 1. The summed E-state index contributed by atoms with van der Waals surface area (Å²) in [5.41, 5.74) is 5.41. The Labute approximate surface area is 238 Å². The molecule has 3 aliphatic carbocycles. The first-order chi connectivity index (χ1) is 19.1. The van der Waals surface area contributed by atoms with Crippen molar-refractivity contribution >= 4 is 28.9 Å². The molecule has 0 heterocycles. The van der Waals surface area contributed by atoms with Crippen LogP contribution in [-0.2, 0) is 27.3 Å². The average Bonchev–Trinajstić information content (AvgIpc) is 2.85. The van der Waals surface area contributed by atoms with Gasteiger partial charge < -0.3 is 35.5 Å². The van der Waals surface area contributed by atoms with Gasteiger partial charge in [-0.3, -0.25) is 14.4 Å². The Morgan fingerprint density at radius 1 is 1.10 bits per heavy atom. The number of primary amides is 1. The number of amides is 1. The summed E-state index contributed by atoms with van der Waals surface area (Å²) in [5.74, 6) is -6.38. The number of hydrogen-bond acceptors (Lipinski definition) is 8. The predicted octanol–water partition coefficient (Wildman–Crippen LogP) is 2.36. The quantitative estimate of drug-likeness (QED) is 0.274. The zero-order valence-electron chi connectivity index (χ0n) is 23.9. The number of hydrogen-bond donors (Lipinski definition) is 5. The number of aliphatic hydroxyl groups excluding tert-OH is 2. The molecule has 0 saturated heterocycles. The van der Waals surface area contributed by atoms with E-state index >= 15 is 0 Å². The van der Waals surface area contributed by atoms with Gasteiger partial charge in [0, 0.05) is 48.8 Å². The third kappa shape index (κ3) is 4.38. The molecule has 10 nitrogen and oxygen atoms in total. The molecule has 6 N–H and O–H groups in total. The normalized spacial score (nSPS) is 24.1. The first-order valence-corrected chi connectivity index (χ1v) is 13.5. The second kappa shape index (κ2) is 9.46. The van der Waals surface area contributed by atoms with Crippen molar-refractivity contribution in [3.8, 4) is 16.9 Å². The van der Waals surface area contributed by atoms with E-state index in [-0.39, 0.29) is 36.1 Å². The Balaban J connectivity index is 1.71. The fourth-order valence-electron chi connectivity index (χ4n) is 6.67. The Kier molecular flexibility index (Phi) is 6.55. The maximum absolute atomic E-state index is 13.9. The smallest absolute Gasteiger partial charge is 0.255 e. The SMILES string of the molecule is CN(C)c1cc(-c2cccc(C[N+](C)(C)C)c2)c(O)c2c1C[C@H]1C[C@H]3CC(=O)C(C(N)=O)=C(O)[C@@]3(O)C(=O)C1=C2O. The van der Waals surface area contributed by atoms with Gasteiger partial charge in [0.05, 0.1) is 26.7 Å². The molecule has 216 valence electrons. The number of quaternary nitrogens is 1. The highest BCUT2D eigenvalue weighted by Crippen LogP contribution is 2.54. The van der Waals surface area contributed by atoms with Crippen LogP contribution in [-0.4, -0.2) is 83.2 Å². The summed E-state index contributed by atoms with van der Waals surface area (Å²) in [4.78, 5) is 40.2. The molecule has 0 aromatic heterocycles. The minimum absolute atomic E-state index is 0.0790. The average molecular weight is 563 g/mol. The monoisotopic (exact) mass is 562 g/mol. The van der Waals surface area contributed by atoms with Crippen LogP contribution in [0.3, 0.4) is 0 Å². The third-order valence-corrected chi connectivity index (χ3v) is 8.42. The van der Waals surface area contributed by atoms with Crippen LogP contribution in [0.2, 0.25) is 0 Å². The number of rotatable bonds is 5. The van der Waals surface area contributed by atoms with Gasteiger partial charge in [-0.25, -0.2) is 0 Å². The minimum atomic E-state index is -2.59. The highest BCUT2D eigenvalue weighted by atomic mass is 16.3. The molecule has 0 radical (unpaired) electrons. The zero-order chi connectivity index (χ0) is 30.2. The molecule has 2 aromatic rings. The molecule has 5 rings (SSSR count). The molecule has 0 spiro atoms. The number of nitrogens with two attached hydrogens (primary N) is 1. The molecule has 0 unspecified atom stereocenters. The number of Topliss-reactive ketones (excluding diaryl/α,β-unsaturated/α-hetero) is 2. The van der Waals surface area contributed by atoms with E-state index in [2.05, 4.69) is 21.1 Å². The van der Waals surface area contributed by atoms with Gasteiger partial charge in [0.1, 0.15) is 29.4 Å². The van der Waals surface area contributed by atoms with Gasteiger partial charge >= 0.3 is 0 Å². The number of phenols is 1. The Hall–Kier alpha value is -4.15. The molecular weight excluding hydrogens is 526 g/mol. The van der Waals surface area contributed by atoms with E-state index in [1.54, 1.807) is 0 Å². The predicted molar refractivity (Wildman–Crippen MR) is 153 cm³/mol. The molecule has 0 aliphatic heterocycles. The van der Waals surface area contributed by atoms with Gasteiger partial charge in [-0.05, 0) is 42.0 Å². The van der Waals surface area contributed by atoms with Crippen LogP contribution < -0.4 is 10.6 Å². The van der Waals surface area contributed by atoms with E-state index < -0.39 is 52.0 Å². The van der Waals surface area contributed by atoms with Crippen molar-refractivity contribution in [1.82, 2.24) is 0 Å². The largest absolute Gasteiger partial charge is 0.508 e. The molecule has 3 aliphatic rings. The Morgan fingerprint density at radius 2 is 1.78 bits per heavy atom. The molecule has 41 heavy (non-hydrogen) atoms. The molecule has 2 aromatic carbocycles. The van der Waals surface area contributed by atoms with Gasteiger partial charge in [-0.15, -0.1) is 0 Å². The van der Waals surface area contributed by atoms with Crippen molar-refractivity contribution in [2.45, 2.75) is 31.4 Å². The van der Waals surface area contributed by atoms with E-state index in [1.807, 2.05) is 49.3 Å². The van der Waals surface area contributed by atoms with Crippen LogP contribution >= 0.6 is 0 Å². The summed E-state index contributed by atoms with van der Waals surface area (Å²) in [5, 5.41) is 45.5. The van der Waals surface area contributed by atoms with E-state index in [0.29, 0.717) is 15.6 Å². The van der Waals surface area contributed by atoms with Crippen LogP contribution in [0.15, 0.2) is 47.2 Å². The molecule has 0 bridgehead atoms. The Bertz CT molecular complexity index is 1580. The van der Waals surface area contributed by atoms with Crippen molar-refractivity contribution in [1.29, 1.82) is 0 Å². The van der Waals surface area contributed by atoms with Gasteiger partial charge in [0.25, 0.3) is 5.91 Å². The number of benzene rings is 2. The van der Waals surface area contributed by atoms with Crippen LogP contribution in [0.25, 0.3) is 16.9 Å². The number of nitrogens with zero attached hydrogens (tertiary/aromatic N) is 2. The third-order valence-electron chi connectivity index (χ3n) is 8.42. The number of ketones is 2. The van der Waals surface area contributed by atoms with Crippen LogP contribution in [0.5, 0.6) is 5.75 Å². The lowest BCUT2D eigenvalue weighted by Gasteiger charge is -2.46. The summed E-state index contributed by atoms with van der Waals surface area (Å²) < 4.78 is 0.702. The molecule has 1 saturated carbocycles. The first-order valence-electron chi connectivity index (χ1n) is 13.5. The highest BCUT2D eigenvalue weighted by molar-refractivity contribution is 6.22. The van der Waals surface area contributed by atoms with E-state index in [9.17, 15) is 34.8 Å². The van der Waals surface area contributed by atoms with Crippen molar-refractivity contribution in [2.24, 2.45) is 17.6 Å². The summed E-state index contributed by atoms with van der Waals surface area (Å²) in [6.45, 7) is 0.748. The number of carbonyl (C=O) groups excluding carboxylic acids is 3. The first kappa shape index (κ1) is 28.4. The fourth-order valence-corrected chi connectivity index (χ4v) is 6.67. The van der Waals surface area contributed by atoms with E-state index in [0.717, 1.165) is 23.4 Å². The number of aromatic hydroxyl groups is 1. The van der Waals surface area contributed by atoms with Gasteiger partial charge in [-0.2, -0.15) is 0 Å². The van der Waals surface area contributed by atoms with Crippen molar-refractivity contribution in [3.05, 3.63) is 63.9 Å². The number of aliphatic hydroxyl groups is 3. The molecule has 1 fully saturated rings. The summed E-state index contributed by atoms with van der Waals surface area (Å²) in [6.07, 6.45) is -0.0149. The highest BCUT2D eigenvalue weighted by Gasteiger charge is 2.60. The number of fused-ring (bicyclic) bond motifs is 3. The molecule has 1 amide bonds. The minimum Gasteiger partial charge on any atom is -0.508 e.